The van der Waals surface area contributed by atoms with E-state index in [1.54, 1.807) is 6.20 Å². The van der Waals surface area contributed by atoms with Crippen molar-refractivity contribution in [3.63, 3.8) is 0 Å². The van der Waals surface area contributed by atoms with Crippen LogP contribution >= 0.6 is 0 Å². The number of carbonyl (C=O) groups is 2. The molecule has 0 fully saturated rings. The van der Waals surface area contributed by atoms with Gasteiger partial charge < -0.3 is 10.3 Å². The molecule has 1 aliphatic rings. The number of hydrogen-bond acceptors (Lipinski definition) is 4. The molecule has 9 heteroatoms. The highest BCUT2D eigenvalue weighted by atomic mass is 19.4. The molecule has 3 aromatic heterocycles. The first-order valence-corrected chi connectivity index (χ1v) is 9.25. The predicted molar refractivity (Wildman–Crippen MR) is 105 cm³/mol. The second kappa shape index (κ2) is 8.89. The number of pyridine rings is 2. The predicted octanol–water partition coefficient (Wildman–Crippen LogP) is 3.73. The zero-order valence-corrected chi connectivity index (χ0v) is 16.1. The molecule has 0 unspecified atom stereocenters. The van der Waals surface area contributed by atoms with Gasteiger partial charge in [-0.15, -0.1) is 0 Å². The highest BCUT2D eigenvalue weighted by Gasteiger charge is 2.25. The number of alkyl halides is 3. The van der Waals surface area contributed by atoms with E-state index in [1.807, 2.05) is 36.5 Å². The summed E-state index contributed by atoms with van der Waals surface area (Å²) in [5.41, 5.74) is 6.63. The van der Waals surface area contributed by atoms with Crippen molar-refractivity contribution in [1.29, 1.82) is 0 Å². The van der Waals surface area contributed by atoms with Gasteiger partial charge in [-0.25, -0.2) is 0 Å². The van der Waals surface area contributed by atoms with Crippen LogP contribution in [0.2, 0.25) is 0 Å². The summed E-state index contributed by atoms with van der Waals surface area (Å²) in [5.74, 6) is -0.00705. The Bertz CT molecular complexity index is 1040. The third-order valence-electron chi connectivity index (χ3n) is 4.49. The van der Waals surface area contributed by atoms with Crippen LogP contribution in [0.1, 0.15) is 28.7 Å². The van der Waals surface area contributed by atoms with Crippen molar-refractivity contribution in [3.05, 3.63) is 59.7 Å². The second-order valence-electron chi connectivity index (χ2n) is 6.56. The Labute approximate surface area is 170 Å². The smallest absolute Gasteiger partial charge is 0.358 e. The van der Waals surface area contributed by atoms with Crippen LogP contribution in [0.25, 0.3) is 22.5 Å². The number of aldehydes is 1. The molecule has 4 rings (SSSR count). The van der Waals surface area contributed by atoms with Gasteiger partial charge in [0, 0.05) is 53.6 Å². The molecule has 0 atom stereocenters. The van der Waals surface area contributed by atoms with Gasteiger partial charge in [-0.1, -0.05) is 6.92 Å². The minimum atomic E-state index is -4.64. The van der Waals surface area contributed by atoms with Gasteiger partial charge >= 0.3 is 6.18 Å². The van der Waals surface area contributed by atoms with Gasteiger partial charge in [0.25, 0.3) is 5.91 Å². The first kappa shape index (κ1) is 21.2. The lowest BCUT2D eigenvalue weighted by Crippen LogP contribution is -2.31. The Morgan fingerprint density at radius 3 is 2.50 bits per heavy atom. The number of amides is 1. The number of aromatic nitrogens is 3. The zero-order chi connectivity index (χ0) is 21.7. The molecular weight excluding hydrogens is 397 g/mol. The molecule has 4 heterocycles. The Morgan fingerprint density at radius 2 is 1.90 bits per heavy atom. The monoisotopic (exact) mass is 416 g/mol. The minimum Gasteiger partial charge on any atom is -0.358 e. The van der Waals surface area contributed by atoms with Crippen molar-refractivity contribution in [2.24, 2.45) is 0 Å². The maximum absolute atomic E-state index is 11.9. The lowest BCUT2D eigenvalue weighted by atomic mass is 10.1. The summed E-state index contributed by atoms with van der Waals surface area (Å²) in [6.45, 7) is 2.77. The molecule has 30 heavy (non-hydrogen) atoms. The normalized spacial score (nSPS) is 13.0. The maximum Gasteiger partial charge on any atom is 0.446 e. The van der Waals surface area contributed by atoms with Crippen LogP contribution in [-0.4, -0.2) is 39.9 Å². The van der Waals surface area contributed by atoms with Gasteiger partial charge in [0.2, 0.25) is 6.29 Å². The van der Waals surface area contributed by atoms with E-state index < -0.39 is 12.5 Å². The van der Waals surface area contributed by atoms with Crippen LogP contribution < -0.4 is 5.32 Å². The van der Waals surface area contributed by atoms with Gasteiger partial charge in [0.1, 0.15) is 0 Å². The van der Waals surface area contributed by atoms with Gasteiger partial charge in [0.05, 0.1) is 11.3 Å². The van der Waals surface area contributed by atoms with Crippen molar-refractivity contribution in [2.75, 3.05) is 6.54 Å². The summed E-state index contributed by atoms with van der Waals surface area (Å²) in [6, 6.07) is 9.97. The van der Waals surface area contributed by atoms with Crippen molar-refractivity contribution < 1.29 is 22.8 Å². The average molecular weight is 416 g/mol. The van der Waals surface area contributed by atoms with Crippen molar-refractivity contribution in [3.8, 4) is 22.5 Å². The molecule has 0 saturated heterocycles. The Hall–Kier alpha value is -3.49. The highest BCUT2D eigenvalue weighted by Crippen LogP contribution is 2.27. The minimum absolute atomic E-state index is 0.00705. The number of halogens is 3. The molecule has 0 aliphatic carbocycles. The van der Waals surface area contributed by atoms with Crippen molar-refractivity contribution >= 4 is 12.2 Å². The van der Waals surface area contributed by atoms with Gasteiger partial charge in [0.15, 0.2) is 0 Å². The number of rotatable bonds is 3. The number of carbonyl (C=O) groups excluding carboxylic acids is 2. The maximum atomic E-state index is 11.9. The summed E-state index contributed by atoms with van der Waals surface area (Å²) in [7, 11) is 0. The highest BCUT2D eigenvalue weighted by molar-refractivity contribution is 5.97. The molecule has 156 valence electrons. The summed E-state index contributed by atoms with van der Waals surface area (Å²) < 4.78 is 31.2. The van der Waals surface area contributed by atoms with E-state index in [9.17, 15) is 18.0 Å². The van der Waals surface area contributed by atoms with Crippen molar-refractivity contribution in [1.82, 2.24) is 20.3 Å². The van der Waals surface area contributed by atoms with Crippen LogP contribution in [-0.2, 0) is 17.6 Å². The molecule has 1 aliphatic heterocycles. The van der Waals surface area contributed by atoms with Crippen LogP contribution in [0.4, 0.5) is 13.2 Å². The zero-order valence-electron chi connectivity index (χ0n) is 16.1. The Morgan fingerprint density at radius 1 is 1.13 bits per heavy atom. The van der Waals surface area contributed by atoms with E-state index in [0.29, 0.717) is 6.54 Å². The largest absolute Gasteiger partial charge is 0.446 e. The van der Waals surface area contributed by atoms with Crippen LogP contribution in [0.5, 0.6) is 0 Å². The molecular formula is C21H19F3N4O2. The van der Waals surface area contributed by atoms with E-state index in [0.717, 1.165) is 52.3 Å². The number of aryl methyl sites for hydroxylation is 1. The first-order valence-electron chi connectivity index (χ1n) is 9.25. The SMILES string of the molecule is CCc1ccc(-c2cc(-c3cc4c([nH]3)CCNC4=O)ccn2)cn1.O=CC(F)(F)F. The number of hydrogen-bond donors (Lipinski definition) is 2. The molecule has 6 nitrogen and oxygen atoms in total. The number of nitrogens with zero attached hydrogens (tertiary/aromatic N) is 2. The quantitative estimate of drug-likeness (QED) is 0.637. The van der Waals surface area contributed by atoms with Gasteiger partial charge in [-0.05, 0) is 36.8 Å². The molecule has 0 spiro atoms. The molecule has 1 amide bonds. The molecule has 2 N–H and O–H groups in total. The lowest BCUT2D eigenvalue weighted by Gasteiger charge is -2.10. The van der Waals surface area contributed by atoms with E-state index in [2.05, 4.69) is 27.2 Å². The van der Waals surface area contributed by atoms with Crippen LogP contribution in [0.15, 0.2) is 42.7 Å². The summed E-state index contributed by atoms with van der Waals surface area (Å²) in [4.78, 5) is 32.9. The van der Waals surface area contributed by atoms with Crippen LogP contribution in [0.3, 0.4) is 0 Å². The molecule has 0 saturated carbocycles. The van der Waals surface area contributed by atoms with Gasteiger partial charge in [-0.3, -0.25) is 19.6 Å². The van der Waals surface area contributed by atoms with Gasteiger partial charge in [-0.2, -0.15) is 13.2 Å². The third kappa shape index (κ3) is 5.11. The Balaban J connectivity index is 0.000000377. The number of nitrogens with one attached hydrogen (secondary N) is 2. The number of aromatic amines is 1. The molecule has 3 aromatic rings. The fourth-order valence-corrected chi connectivity index (χ4v) is 2.99. The lowest BCUT2D eigenvalue weighted by molar-refractivity contribution is -0.156. The first-order chi connectivity index (χ1) is 14.3. The standard InChI is InChI=1S/C19H18N4O.C2HF3O/c1-2-14-4-3-13(11-22-14)17-9-12(5-7-20-17)18-10-15-16(23-18)6-8-21-19(15)24;3-2(4,5)1-6/h3-5,7,9-11,23H,2,6,8H2,1H3,(H,21,24);1H. The average Bonchev–Trinajstić information content (AvgIpc) is 3.20. The molecule has 0 bridgehead atoms. The van der Waals surface area contributed by atoms with Crippen molar-refractivity contribution in [2.45, 2.75) is 25.9 Å². The van der Waals surface area contributed by atoms with Crippen LogP contribution in [0, 0.1) is 0 Å². The summed E-state index contributed by atoms with van der Waals surface area (Å²) in [5, 5.41) is 2.87. The summed E-state index contributed by atoms with van der Waals surface area (Å²) in [6.07, 6.45) is -0.297. The number of fused-ring (bicyclic) bond motifs is 1. The van der Waals surface area contributed by atoms with E-state index in [4.69, 9.17) is 4.79 Å². The molecule has 0 aromatic carbocycles. The Kier molecular flexibility index (Phi) is 6.29. The second-order valence-corrected chi connectivity index (χ2v) is 6.56. The summed E-state index contributed by atoms with van der Waals surface area (Å²) >= 11 is 0. The third-order valence-corrected chi connectivity index (χ3v) is 4.49. The van der Waals surface area contributed by atoms with E-state index >= 15 is 0 Å². The van der Waals surface area contributed by atoms with E-state index in [-0.39, 0.29) is 5.91 Å². The van der Waals surface area contributed by atoms with E-state index in [1.165, 1.54) is 0 Å². The fraction of sp³-hybridized carbons (Fsp3) is 0.238. The topological polar surface area (TPSA) is 87.7 Å². The fourth-order valence-electron chi connectivity index (χ4n) is 2.99. The molecule has 0 radical (unpaired) electrons. The number of H-pyrrole nitrogens is 1.